The number of piperidine rings is 2. The number of ether oxygens (including phenoxy) is 3. The van der Waals surface area contributed by atoms with Crippen molar-refractivity contribution >= 4 is 29.9 Å². The minimum atomic E-state index is -4.87. The van der Waals surface area contributed by atoms with Gasteiger partial charge in [0.05, 0.1) is 11.4 Å². The highest BCUT2D eigenvalue weighted by Crippen LogP contribution is 2.34. The van der Waals surface area contributed by atoms with Gasteiger partial charge in [0.1, 0.15) is 28.5 Å². The van der Waals surface area contributed by atoms with Gasteiger partial charge in [0.15, 0.2) is 0 Å². The molecule has 60 heavy (non-hydrogen) atoms. The molecule has 5 N–H and O–H groups in total. The van der Waals surface area contributed by atoms with Gasteiger partial charge in [0.2, 0.25) is 0 Å². The fourth-order valence-electron chi connectivity index (χ4n) is 5.71. The number of likely N-dealkylation sites (tertiary alicyclic amines) is 1. The standard InChI is InChI=1S/C21H25F6N3O3.C16H17F6N3O.CH4/c1-19(2,3)33-18(31)30-10-8-13(9-11-30)16(17(28)20(22,23)24)12-29-14-4-6-15(7-5-14)32-21(25,26)27;17-15(18,19)14(23)13(10-5-7-24-8-6-10)9-25-11-1-3-12(4-2-11)26-16(20,21)22;/h4-7,12-13H,8-11,28H2,1-3H3;1-4,9-10,24H,5-8,23H2;1H4/b17-16+,29-12?;14-13+,25-9?;. The first-order valence-corrected chi connectivity index (χ1v) is 17.7. The summed E-state index contributed by atoms with van der Waals surface area (Å²) in [6, 6.07) is 8.81. The third-order valence-electron chi connectivity index (χ3n) is 8.44. The molecule has 2 heterocycles. The zero-order valence-corrected chi connectivity index (χ0v) is 31.7. The van der Waals surface area contributed by atoms with Gasteiger partial charge in [0.25, 0.3) is 0 Å². The van der Waals surface area contributed by atoms with E-state index in [0.29, 0.717) is 25.9 Å². The molecule has 0 aliphatic carbocycles. The molecular weight excluding hydrogens is 832 g/mol. The second-order valence-corrected chi connectivity index (χ2v) is 14.1. The molecule has 0 unspecified atom stereocenters. The molecule has 2 aromatic carbocycles. The van der Waals surface area contributed by atoms with Crippen molar-refractivity contribution in [1.29, 1.82) is 0 Å². The number of hydrogen-bond donors (Lipinski definition) is 3. The van der Waals surface area contributed by atoms with E-state index in [2.05, 4.69) is 24.8 Å². The van der Waals surface area contributed by atoms with E-state index in [4.69, 9.17) is 16.2 Å². The van der Waals surface area contributed by atoms with Crippen LogP contribution in [0.25, 0.3) is 0 Å². The maximum absolute atomic E-state index is 13.3. The molecule has 0 radical (unpaired) electrons. The molecule has 2 aromatic rings. The molecule has 0 atom stereocenters. The van der Waals surface area contributed by atoms with E-state index in [0.717, 1.165) is 36.7 Å². The summed E-state index contributed by atoms with van der Waals surface area (Å²) in [7, 11) is 0. The van der Waals surface area contributed by atoms with E-state index in [-0.39, 0.29) is 55.9 Å². The van der Waals surface area contributed by atoms with Gasteiger partial charge in [0, 0.05) is 36.7 Å². The Morgan fingerprint density at radius 3 is 1.32 bits per heavy atom. The molecule has 0 saturated carbocycles. The van der Waals surface area contributed by atoms with Gasteiger partial charge in [-0.15, -0.1) is 26.3 Å². The summed E-state index contributed by atoms with van der Waals surface area (Å²) >= 11 is 0. The number of aliphatic imine (C=N–C) groups is 2. The molecule has 1 amide bonds. The zero-order valence-electron chi connectivity index (χ0n) is 31.7. The van der Waals surface area contributed by atoms with Crippen molar-refractivity contribution in [3.05, 3.63) is 71.1 Å². The first kappa shape index (κ1) is 51.0. The average molecular weight is 879 g/mol. The van der Waals surface area contributed by atoms with Crippen LogP contribution in [0.1, 0.15) is 53.9 Å². The predicted octanol–water partition coefficient (Wildman–Crippen LogP) is 10.4. The van der Waals surface area contributed by atoms with Gasteiger partial charge in [-0.05, 0) is 120 Å². The molecule has 10 nitrogen and oxygen atoms in total. The van der Waals surface area contributed by atoms with Crippen LogP contribution < -0.4 is 26.3 Å². The van der Waals surface area contributed by atoms with Gasteiger partial charge in [-0.3, -0.25) is 9.98 Å². The summed E-state index contributed by atoms with van der Waals surface area (Å²) in [5, 5.41) is 3.05. The number of nitrogens with one attached hydrogen (secondary N) is 1. The minimum Gasteiger partial charge on any atom is -0.444 e. The number of benzene rings is 2. The van der Waals surface area contributed by atoms with Crippen molar-refractivity contribution in [2.24, 2.45) is 33.3 Å². The normalized spacial score (nSPS) is 17.3. The third-order valence-corrected chi connectivity index (χ3v) is 8.44. The molecule has 0 spiro atoms. The number of hydrogen-bond acceptors (Lipinski definition) is 9. The van der Waals surface area contributed by atoms with Gasteiger partial charge < -0.3 is 35.9 Å². The molecule has 336 valence electrons. The van der Waals surface area contributed by atoms with Crippen LogP contribution in [0.3, 0.4) is 0 Å². The van der Waals surface area contributed by atoms with Crippen LogP contribution in [0.15, 0.2) is 81.1 Å². The minimum absolute atomic E-state index is 0. The quantitative estimate of drug-likeness (QED) is 0.177. The van der Waals surface area contributed by atoms with Crippen LogP contribution in [-0.4, -0.2) is 80.3 Å². The highest BCUT2D eigenvalue weighted by atomic mass is 19.4. The summed E-state index contributed by atoms with van der Waals surface area (Å²) in [6.45, 7) is 6.60. The number of carbonyl (C=O) groups excluding carboxylic acids is 1. The SMILES string of the molecule is C.CC(C)(C)OC(=O)N1CCC(/C(C=Nc2ccc(OC(F)(F)F)cc2)=C(/N)C(F)(F)F)CC1.N/C(=C(\C=Nc1ccc(OC(F)(F)F)cc1)C1CCNCC1)C(F)(F)F. The Balaban J connectivity index is 0.000000418. The van der Waals surface area contributed by atoms with Crippen LogP contribution in [0.4, 0.5) is 68.9 Å². The lowest BCUT2D eigenvalue weighted by molar-refractivity contribution is -0.275. The molecule has 0 bridgehead atoms. The lowest BCUT2D eigenvalue weighted by Gasteiger charge is -2.34. The smallest absolute Gasteiger partial charge is 0.444 e. The number of rotatable bonds is 8. The molecule has 0 aromatic heterocycles. The van der Waals surface area contributed by atoms with Gasteiger partial charge in [-0.1, -0.05) is 7.43 Å². The Bertz CT molecular complexity index is 1800. The van der Waals surface area contributed by atoms with E-state index in [9.17, 15) is 57.5 Å². The lowest BCUT2D eigenvalue weighted by Crippen LogP contribution is -2.42. The van der Waals surface area contributed by atoms with Crippen molar-refractivity contribution in [3.8, 4) is 11.5 Å². The molecule has 2 saturated heterocycles. The number of alkyl halides is 12. The van der Waals surface area contributed by atoms with Crippen LogP contribution in [0, 0.1) is 11.8 Å². The van der Waals surface area contributed by atoms with Crippen molar-refractivity contribution in [2.45, 2.75) is 84.6 Å². The van der Waals surface area contributed by atoms with E-state index in [1.165, 1.54) is 29.2 Å². The predicted molar refractivity (Wildman–Crippen MR) is 200 cm³/mol. The summed E-state index contributed by atoms with van der Waals surface area (Å²) < 4.78 is 165. The summed E-state index contributed by atoms with van der Waals surface area (Å²) in [4.78, 5) is 21.5. The molecule has 22 heteroatoms. The van der Waals surface area contributed by atoms with E-state index < -0.39 is 71.5 Å². The number of nitrogens with zero attached hydrogens (tertiary/aromatic N) is 3. The van der Waals surface area contributed by atoms with E-state index >= 15 is 0 Å². The van der Waals surface area contributed by atoms with Crippen LogP contribution in [-0.2, 0) is 4.74 Å². The number of halogens is 12. The van der Waals surface area contributed by atoms with E-state index in [1.54, 1.807) is 20.8 Å². The van der Waals surface area contributed by atoms with Crippen LogP contribution in [0.5, 0.6) is 11.5 Å². The Labute approximate surface area is 338 Å². The van der Waals surface area contributed by atoms with Gasteiger partial charge >= 0.3 is 31.2 Å². The first-order chi connectivity index (χ1) is 27.1. The highest BCUT2D eigenvalue weighted by Gasteiger charge is 2.38. The number of nitrogens with two attached hydrogens (primary N) is 2. The second kappa shape index (κ2) is 20.9. The third kappa shape index (κ3) is 17.6. The lowest BCUT2D eigenvalue weighted by atomic mass is 9.88. The number of carbonyl (C=O) groups is 1. The first-order valence-electron chi connectivity index (χ1n) is 17.7. The maximum atomic E-state index is 13.3. The van der Waals surface area contributed by atoms with Crippen LogP contribution >= 0.6 is 0 Å². The fourth-order valence-corrected chi connectivity index (χ4v) is 5.71. The topological polar surface area (TPSA) is 137 Å². The second-order valence-electron chi connectivity index (χ2n) is 14.1. The summed E-state index contributed by atoms with van der Waals surface area (Å²) in [5.74, 6) is -1.95. The van der Waals surface area contributed by atoms with Crippen molar-refractivity contribution < 1.29 is 71.7 Å². The molecule has 2 fully saturated rings. The van der Waals surface area contributed by atoms with E-state index in [1.807, 2.05) is 0 Å². The molecule has 4 rings (SSSR count). The number of allylic oxidation sites excluding steroid dienone is 4. The van der Waals surface area contributed by atoms with Gasteiger partial charge in [-0.25, -0.2) is 4.79 Å². The average Bonchev–Trinajstić information content (AvgIpc) is 3.11. The summed E-state index contributed by atoms with van der Waals surface area (Å²) in [5.41, 5.74) is 7.38. The number of amides is 1. The fraction of sp³-hybridized carbons (Fsp3) is 0.500. The Morgan fingerprint density at radius 1 is 0.650 bits per heavy atom. The van der Waals surface area contributed by atoms with Crippen molar-refractivity contribution in [3.63, 3.8) is 0 Å². The summed E-state index contributed by atoms with van der Waals surface area (Å²) in [6.07, 6.45) is -16.3. The van der Waals surface area contributed by atoms with Crippen molar-refractivity contribution in [1.82, 2.24) is 10.2 Å². The van der Waals surface area contributed by atoms with Crippen LogP contribution in [0.2, 0.25) is 0 Å². The molecule has 2 aliphatic heterocycles. The molecular formula is C38H46F12N6O4. The maximum Gasteiger partial charge on any atom is 0.573 e. The Hall–Kier alpha value is -5.15. The Kier molecular flexibility index (Phi) is 17.8. The molecule has 2 aliphatic rings. The van der Waals surface area contributed by atoms with Gasteiger partial charge in [-0.2, -0.15) is 26.3 Å². The van der Waals surface area contributed by atoms with Crippen molar-refractivity contribution in [2.75, 3.05) is 26.2 Å². The zero-order chi connectivity index (χ0) is 44.4. The highest BCUT2D eigenvalue weighted by molar-refractivity contribution is 5.83. The Morgan fingerprint density at radius 2 is 1.00 bits per heavy atom. The largest absolute Gasteiger partial charge is 0.573 e. The monoisotopic (exact) mass is 878 g/mol.